The van der Waals surface area contributed by atoms with Crippen LogP contribution in [0.4, 0.5) is 10.5 Å². The van der Waals surface area contributed by atoms with E-state index in [4.69, 9.17) is 16.3 Å². The first-order chi connectivity index (χ1) is 12.1. The van der Waals surface area contributed by atoms with Crippen molar-refractivity contribution in [2.45, 2.75) is 26.3 Å². The average molecular weight is 361 g/mol. The number of hydrogen-bond donors (Lipinski definition) is 1. The standard InChI is InChI=1S/C20H25ClN2O2/c1-16-10-11-18(21)14-19(16)22-20(24)23(12-6-7-13-25-2)15-17-8-4-3-5-9-17/h3-5,8-11,14H,6-7,12-13,15H2,1-2H3,(H,22,24). The molecule has 0 aromatic heterocycles. The van der Waals surface area contributed by atoms with E-state index in [-0.39, 0.29) is 6.03 Å². The van der Waals surface area contributed by atoms with Crippen LogP contribution in [-0.2, 0) is 11.3 Å². The minimum absolute atomic E-state index is 0.119. The molecule has 4 nitrogen and oxygen atoms in total. The van der Waals surface area contributed by atoms with Crippen LogP contribution in [0.25, 0.3) is 0 Å². The van der Waals surface area contributed by atoms with Crippen LogP contribution in [0.1, 0.15) is 24.0 Å². The third-order valence-corrected chi connectivity index (χ3v) is 4.21. The smallest absolute Gasteiger partial charge is 0.322 e. The molecule has 25 heavy (non-hydrogen) atoms. The van der Waals surface area contributed by atoms with Crippen molar-refractivity contribution in [3.05, 3.63) is 64.7 Å². The second-order valence-corrected chi connectivity index (χ2v) is 6.43. The van der Waals surface area contributed by atoms with Crippen molar-refractivity contribution >= 4 is 23.3 Å². The van der Waals surface area contributed by atoms with Gasteiger partial charge in [0.25, 0.3) is 0 Å². The van der Waals surface area contributed by atoms with Crippen molar-refractivity contribution in [3.8, 4) is 0 Å². The van der Waals surface area contributed by atoms with E-state index in [0.717, 1.165) is 29.7 Å². The van der Waals surface area contributed by atoms with Crippen LogP contribution in [-0.4, -0.2) is 31.2 Å². The van der Waals surface area contributed by atoms with Gasteiger partial charge < -0.3 is 15.0 Å². The molecule has 134 valence electrons. The van der Waals surface area contributed by atoms with Crippen molar-refractivity contribution in [2.75, 3.05) is 25.6 Å². The number of carbonyl (C=O) groups excluding carboxylic acids is 1. The van der Waals surface area contributed by atoms with Gasteiger partial charge in [-0.05, 0) is 43.0 Å². The van der Waals surface area contributed by atoms with Gasteiger partial charge in [0.15, 0.2) is 0 Å². The van der Waals surface area contributed by atoms with Crippen LogP contribution in [0.3, 0.4) is 0 Å². The molecule has 0 bridgehead atoms. The lowest BCUT2D eigenvalue weighted by Gasteiger charge is -2.24. The fourth-order valence-corrected chi connectivity index (χ4v) is 2.70. The van der Waals surface area contributed by atoms with Crippen LogP contribution >= 0.6 is 11.6 Å². The maximum atomic E-state index is 12.8. The van der Waals surface area contributed by atoms with Crippen molar-refractivity contribution in [3.63, 3.8) is 0 Å². The number of methoxy groups -OCH3 is 1. The van der Waals surface area contributed by atoms with Gasteiger partial charge in [0.05, 0.1) is 0 Å². The molecule has 0 radical (unpaired) electrons. The summed E-state index contributed by atoms with van der Waals surface area (Å²) in [4.78, 5) is 14.6. The topological polar surface area (TPSA) is 41.6 Å². The Morgan fingerprint density at radius 3 is 2.64 bits per heavy atom. The lowest BCUT2D eigenvalue weighted by molar-refractivity contribution is 0.182. The number of ether oxygens (including phenoxy) is 1. The molecule has 0 aliphatic rings. The minimum Gasteiger partial charge on any atom is -0.385 e. The maximum absolute atomic E-state index is 12.8. The summed E-state index contributed by atoms with van der Waals surface area (Å²) in [7, 11) is 1.69. The molecule has 0 unspecified atom stereocenters. The lowest BCUT2D eigenvalue weighted by Crippen LogP contribution is -2.35. The molecule has 0 spiro atoms. The monoisotopic (exact) mass is 360 g/mol. The molecule has 0 aliphatic carbocycles. The molecule has 0 aliphatic heterocycles. The quantitative estimate of drug-likeness (QED) is 0.664. The summed E-state index contributed by atoms with van der Waals surface area (Å²) in [5.41, 5.74) is 2.83. The number of unbranched alkanes of at least 4 members (excludes halogenated alkanes) is 1. The molecule has 0 fully saturated rings. The van der Waals surface area contributed by atoms with E-state index in [9.17, 15) is 4.79 Å². The first-order valence-corrected chi connectivity index (χ1v) is 8.83. The second-order valence-electron chi connectivity index (χ2n) is 6.00. The van der Waals surface area contributed by atoms with Gasteiger partial charge in [-0.1, -0.05) is 48.0 Å². The number of nitrogens with zero attached hydrogens (tertiary/aromatic N) is 1. The predicted octanol–water partition coefficient (Wildman–Crippen LogP) is 5.11. The zero-order valence-electron chi connectivity index (χ0n) is 14.8. The van der Waals surface area contributed by atoms with Crippen LogP contribution in [0.5, 0.6) is 0 Å². The Bertz CT molecular complexity index is 677. The number of amides is 2. The van der Waals surface area contributed by atoms with Crippen molar-refractivity contribution in [1.82, 2.24) is 4.90 Å². The summed E-state index contributed by atoms with van der Waals surface area (Å²) >= 11 is 6.05. The maximum Gasteiger partial charge on any atom is 0.322 e. The third-order valence-electron chi connectivity index (χ3n) is 3.97. The number of nitrogens with one attached hydrogen (secondary N) is 1. The highest BCUT2D eigenvalue weighted by Crippen LogP contribution is 2.21. The van der Waals surface area contributed by atoms with Crippen molar-refractivity contribution in [2.24, 2.45) is 0 Å². The number of urea groups is 1. The van der Waals surface area contributed by atoms with E-state index in [2.05, 4.69) is 5.32 Å². The van der Waals surface area contributed by atoms with Crippen LogP contribution < -0.4 is 5.32 Å². The lowest BCUT2D eigenvalue weighted by atomic mass is 10.2. The number of hydrogen-bond acceptors (Lipinski definition) is 2. The van der Waals surface area contributed by atoms with E-state index in [0.29, 0.717) is 24.7 Å². The van der Waals surface area contributed by atoms with Crippen LogP contribution in [0.2, 0.25) is 5.02 Å². The van der Waals surface area contributed by atoms with Gasteiger partial charge >= 0.3 is 6.03 Å². The number of rotatable bonds is 8. The summed E-state index contributed by atoms with van der Waals surface area (Å²) in [5, 5.41) is 3.59. The fourth-order valence-electron chi connectivity index (χ4n) is 2.53. The van der Waals surface area contributed by atoms with E-state index in [1.54, 1.807) is 13.2 Å². The summed E-state index contributed by atoms with van der Waals surface area (Å²) in [6.07, 6.45) is 1.81. The van der Waals surface area contributed by atoms with E-state index < -0.39 is 0 Å². The Balaban J connectivity index is 2.06. The van der Waals surface area contributed by atoms with Gasteiger partial charge in [-0.2, -0.15) is 0 Å². The van der Waals surface area contributed by atoms with E-state index in [1.165, 1.54) is 0 Å². The Kier molecular flexibility index (Phi) is 7.76. The molecule has 2 aromatic carbocycles. The molecule has 2 rings (SSSR count). The SMILES string of the molecule is COCCCCN(Cc1ccccc1)C(=O)Nc1cc(Cl)ccc1C. The Labute approximate surface area is 154 Å². The third kappa shape index (κ3) is 6.40. The number of halogens is 1. The normalized spacial score (nSPS) is 10.5. The summed E-state index contributed by atoms with van der Waals surface area (Å²) < 4.78 is 5.09. The molecule has 1 N–H and O–H groups in total. The molecule has 0 saturated heterocycles. The highest BCUT2D eigenvalue weighted by Gasteiger charge is 2.15. The molecule has 2 aromatic rings. The molecule has 5 heteroatoms. The second kappa shape index (κ2) is 10.1. The Morgan fingerprint density at radius 2 is 1.92 bits per heavy atom. The minimum atomic E-state index is -0.119. The highest BCUT2D eigenvalue weighted by molar-refractivity contribution is 6.31. The molecule has 0 atom stereocenters. The molecular weight excluding hydrogens is 336 g/mol. The van der Waals surface area contributed by atoms with Gasteiger partial charge in [-0.25, -0.2) is 4.79 Å². The zero-order chi connectivity index (χ0) is 18.1. The van der Waals surface area contributed by atoms with Crippen molar-refractivity contribution in [1.29, 1.82) is 0 Å². The summed E-state index contributed by atoms with van der Waals surface area (Å²) in [6.45, 7) is 3.89. The highest BCUT2D eigenvalue weighted by atomic mass is 35.5. The number of anilines is 1. The number of benzene rings is 2. The van der Waals surface area contributed by atoms with Crippen LogP contribution in [0.15, 0.2) is 48.5 Å². The Hall–Kier alpha value is -2.04. The molecule has 2 amide bonds. The Morgan fingerprint density at radius 1 is 1.16 bits per heavy atom. The van der Waals surface area contributed by atoms with Crippen LogP contribution in [0, 0.1) is 6.92 Å². The zero-order valence-corrected chi connectivity index (χ0v) is 15.6. The van der Waals surface area contributed by atoms with Gasteiger partial charge in [0, 0.05) is 37.5 Å². The van der Waals surface area contributed by atoms with Gasteiger partial charge in [-0.3, -0.25) is 0 Å². The first-order valence-electron chi connectivity index (χ1n) is 8.45. The molecule has 0 saturated carbocycles. The van der Waals surface area contributed by atoms with Gasteiger partial charge in [-0.15, -0.1) is 0 Å². The predicted molar refractivity (Wildman–Crippen MR) is 103 cm³/mol. The van der Waals surface area contributed by atoms with Gasteiger partial charge in [0.2, 0.25) is 0 Å². The van der Waals surface area contributed by atoms with E-state index >= 15 is 0 Å². The molecule has 0 heterocycles. The summed E-state index contributed by atoms with van der Waals surface area (Å²) in [6, 6.07) is 15.4. The fraction of sp³-hybridized carbons (Fsp3) is 0.350. The number of carbonyl (C=O) groups is 1. The average Bonchev–Trinajstić information content (AvgIpc) is 2.61. The first kappa shape index (κ1) is 19.3. The number of aryl methyl sites for hydroxylation is 1. The summed E-state index contributed by atoms with van der Waals surface area (Å²) in [5.74, 6) is 0. The van der Waals surface area contributed by atoms with Crippen molar-refractivity contribution < 1.29 is 9.53 Å². The largest absolute Gasteiger partial charge is 0.385 e. The van der Waals surface area contributed by atoms with Gasteiger partial charge in [0.1, 0.15) is 0 Å². The van der Waals surface area contributed by atoms with E-state index in [1.807, 2.05) is 54.3 Å². The molecular formula is C20H25ClN2O2.